The van der Waals surface area contributed by atoms with Gasteiger partial charge in [-0.1, -0.05) is 0 Å². The van der Waals surface area contributed by atoms with Crippen molar-refractivity contribution in [2.75, 3.05) is 37.0 Å². The van der Waals surface area contributed by atoms with Gasteiger partial charge in [0.1, 0.15) is 11.6 Å². The minimum atomic E-state index is 0.824. The smallest absolute Gasteiger partial charge is 0.165 e. The van der Waals surface area contributed by atoms with Crippen molar-refractivity contribution in [3.05, 3.63) is 35.3 Å². The maximum atomic E-state index is 4.90. The van der Waals surface area contributed by atoms with E-state index in [0.29, 0.717) is 0 Å². The normalized spacial score (nSPS) is 13.9. The van der Waals surface area contributed by atoms with Crippen molar-refractivity contribution in [3.63, 3.8) is 0 Å². The lowest BCUT2D eigenvalue weighted by Gasteiger charge is -2.23. The second kappa shape index (κ2) is 7.08. The number of nitrogens with zero attached hydrogens (tertiary/aromatic N) is 6. The van der Waals surface area contributed by atoms with Crippen LogP contribution in [0.25, 0.3) is 16.8 Å². The highest BCUT2D eigenvalue weighted by Crippen LogP contribution is 2.35. The fraction of sp³-hybridized carbons (Fsp3) is 0.500. The van der Waals surface area contributed by atoms with Crippen molar-refractivity contribution in [1.29, 1.82) is 0 Å². The fourth-order valence-corrected chi connectivity index (χ4v) is 3.81. The largest absolute Gasteiger partial charge is 0.363 e. The number of aromatic nitrogens is 4. The Labute approximate surface area is 167 Å². The van der Waals surface area contributed by atoms with E-state index in [-0.39, 0.29) is 0 Å². The Morgan fingerprint density at radius 2 is 1.89 bits per heavy atom. The molecule has 0 atom stereocenters. The first kappa shape index (κ1) is 18.7. The van der Waals surface area contributed by atoms with Crippen molar-refractivity contribution >= 4 is 17.3 Å². The molecule has 0 aliphatic heterocycles. The van der Waals surface area contributed by atoms with Crippen LogP contribution in [0.1, 0.15) is 36.7 Å². The number of anilines is 2. The predicted molar refractivity (Wildman–Crippen MR) is 115 cm³/mol. The Hall–Kier alpha value is -2.63. The number of rotatable bonds is 6. The van der Waals surface area contributed by atoms with E-state index in [0.717, 1.165) is 58.8 Å². The molecule has 6 nitrogen and oxygen atoms in total. The standard InChI is InChI=1S/C22H30N6/c1-7-27(13-17-8-9-17)20-11-15(3)24-22-21(16(4)25-28(20)22)18-12-23-19(26(5)6)10-14(18)2/h10-12,17H,7-9,13H2,1-6H3. The van der Waals surface area contributed by atoms with E-state index >= 15 is 0 Å². The molecule has 148 valence electrons. The summed E-state index contributed by atoms with van der Waals surface area (Å²) in [5.74, 6) is 2.92. The average Bonchev–Trinajstić information content (AvgIpc) is 3.41. The summed E-state index contributed by atoms with van der Waals surface area (Å²) >= 11 is 0. The van der Waals surface area contributed by atoms with Crippen LogP contribution in [0.2, 0.25) is 0 Å². The van der Waals surface area contributed by atoms with Crippen molar-refractivity contribution in [3.8, 4) is 11.1 Å². The molecular weight excluding hydrogens is 348 g/mol. The van der Waals surface area contributed by atoms with Gasteiger partial charge in [0.15, 0.2) is 5.65 Å². The second-order valence-electron chi connectivity index (χ2n) is 8.19. The van der Waals surface area contributed by atoms with Gasteiger partial charge in [0.2, 0.25) is 0 Å². The van der Waals surface area contributed by atoms with Crippen molar-refractivity contribution in [1.82, 2.24) is 19.6 Å². The molecule has 3 aromatic heterocycles. The van der Waals surface area contributed by atoms with Crippen LogP contribution in [0.5, 0.6) is 0 Å². The minimum absolute atomic E-state index is 0.824. The topological polar surface area (TPSA) is 49.6 Å². The molecule has 0 radical (unpaired) electrons. The van der Waals surface area contributed by atoms with Crippen LogP contribution >= 0.6 is 0 Å². The van der Waals surface area contributed by atoms with Crippen LogP contribution in [-0.4, -0.2) is 46.8 Å². The number of hydrogen-bond acceptors (Lipinski definition) is 5. The summed E-state index contributed by atoms with van der Waals surface area (Å²) < 4.78 is 2.03. The molecule has 3 heterocycles. The lowest BCUT2D eigenvalue weighted by atomic mass is 10.0. The molecule has 0 aromatic carbocycles. The lowest BCUT2D eigenvalue weighted by molar-refractivity contribution is 0.712. The Morgan fingerprint density at radius 1 is 1.14 bits per heavy atom. The summed E-state index contributed by atoms with van der Waals surface area (Å²) in [5.41, 5.74) is 6.31. The fourth-order valence-electron chi connectivity index (χ4n) is 3.81. The van der Waals surface area contributed by atoms with E-state index in [2.05, 4.69) is 49.7 Å². The third kappa shape index (κ3) is 3.32. The van der Waals surface area contributed by atoms with Crippen molar-refractivity contribution in [2.45, 2.75) is 40.5 Å². The molecule has 1 saturated carbocycles. The molecule has 4 rings (SSSR count). The SMILES string of the molecule is CCN(CC1CC1)c1cc(C)nc2c(-c3cnc(N(C)C)cc3C)c(C)nn12. The van der Waals surface area contributed by atoms with Gasteiger partial charge >= 0.3 is 0 Å². The van der Waals surface area contributed by atoms with Crippen LogP contribution < -0.4 is 9.80 Å². The zero-order valence-corrected chi connectivity index (χ0v) is 17.8. The third-order valence-electron chi connectivity index (χ3n) is 5.58. The molecule has 0 bridgehead atoms. The minimum Gasteiger partial charge on any atom is -0.363 e. The van der Waals surface area contributed by atoms with Gasteiger partial charge in [-0.15, -0.1) is 0 Å². The molecule has 28 heavy (non-hydrogen) atoms. The predicted octanol–water partition coefficient (Wildman–Crippen LogP) is 4.02. The van der Waals surface area contributed by atoms with Crippen LogP contribution in [0.4, 0.5) is 11.6 Å². The highest BCUT2D eigenvalue weighted by atomic mass is 15.4. The van der Waals surface area contributed by atoms with Gasteiger partial charge in [0.25, 0.3) is 0 Å². The summed E-state index contributed by atoms with van der Waals surface area (Å²) in [6.07, 6.45) is 4.65. The van der Waals surface area contributed by atoms with Gasteiger partial charge in [0.05, 0.1) is 11.3 Å². The van der Waals surface area contributed by atoms with Crippen LogP contribution in [0.15, 0.2) is 18.3 Å². The van der Waals surface area contributed by atoms with E-state index in [1.54, 1.807) is 0 Å². The van der Waals surface area contributed by atoms with Crippen LogP contribution in [-0.2, 0) is 0 Å². The molecule has 1 aliphatic rings. The average molecular weight is 379 g/mol. The Balaban J connectivity index is 1.88. The Morgan fingerprint density at radius 3 is 2.50 bits per heavy atom. The number of hydrogen-bond donors (Lipinski definition) is 0. The summed E-state index contributed by atoms with van der Waals surface area (Å²) in [6, 6.07) is 4.29. The number of fused-ring (bicyclic) bond motifs is 1. The monoisotopic (exact) mass is 378 g/mol. The van der Waals surface area contributed by atoms with E-state index in [1.165, 1.54) is 18.4 Å². The van der Waals surface area contributed by atoms with Gasteiger partial charge < -0.3 is 9.80 Å². The zero-order chi connectivity index (χ0) is 20.0. The zero-order valence-electron chi connectivity index (χ0n) is 17.8. The van der Waals surface area contributed by atoms with E-state index in [9.17, 15) is 0 Å². The van der Waals surface area contributed by atoms with Crippen molar-refractivity contribution < 1.29 is 0 Å². The lowest BCUT2D eigenvalue weighted by Crippen LogP contribution is -2.27. The Bertz CT molecular complexity index is 1020. The van der Waals surface area contributed by atoms with Crippen LogP contribution in [0, 0.1) is 26.7 Å². The third-order valence-corrected chi connectivity index (χ3v) is 5.58. The van der Waals surface area contributed by atoms with E-state index in [4.69, 9.17) is 10.1 Å². The molecular formula is C22H30N6. The van der Waals surface area contributed by atoms with Crippen molar-refractivity contribution in [2.24, 2.45) is 5.92 Å². The van der Waals surface area contributed by atoms with E-state index < -0.39 is 0 Å². The maximum absolute atomic E-state index is 4.90. The molecule has 1 fully saturated rings. The molecule has 0 saturated heterocycles. The summed E-state index contributed by atoms with van der Waals surface area (Å²) in [5, 5.41) is 4.90. The first-order chi connectivity index (χ1) is 13.4. The molecule has 6 heteroatoms. The molecule has 0 amide bonds. The molecule has 0 N–H and O–H groups in total. The maximum Gasteiger partial charge on any atom is 0.165 e. The van der Waals surface area contributed by atoms with E-state index in [1.807, 2.05) is 29.7 Å². The quantitative estimate of drug-likeness (QED) is 0.648. The molecule has 3 aromatic rings. The van der Waals surface area contributed by atoms with Gasteiger partial charge in [0, 0.05) is 50.7 Å². The van der Waals surface area contributed by atoms with Gasteiger partial charge in [-0.2, -0.15) is 9.61 Å². The number of aryl methyl sites for hydroxylation is 3. The summed E-state index contributed by atoms with van der Waals surface area (Å²) in [4.78, 5) is 14.0. The number of pyridine rings is 1. The highest BCUT2D eigenvalue weighted by molar-refractivity contribution is 5.83. The second-order valence-corrected chi connectivity index (χ2v) is 8.19. The van der Waals surface area contributed by atoms with Gasteiger partial charge in [-0.25, -0.2) is 9.97 Å². The first-order valence-electron chi connectivity index (χ1n) is 10.1. The molecule has 1 aliphatic carbocycles. The molecule has 0 unspecified atom stereocenters. The first-order valence-corrected chi connectivity index (χ1v) is 10.1. The Kier molecular flexibility index (Phi) is 4.73. The van der Waals surface area contributed by atoms with Gasteiger partial charge in [-0.05, 0) is 58.1 Å². The van der Waals surface area contributed by atoms with Gasteiger partial charge in [-0.3, -0.25) is 0 Å². The van der Waals surface area contributed by atoms with Crippen LogP contribution in [0.3, 0.4) is 0 Å². The summed E-state index contributed by atoms with van der Waals surface area (Å²) in [6.45, 7) is 10.6. The summed E-state index contributed by atoms with van der Waals surface area (Å²) in [7, 11) is 4.02. The molecule has 0 spiro atoms. The highest BCUT2D eigenvalue weighted by Gasteiger charge is 2.26.